The van der Waals surface area contributed by atoms with Gasteiger partial charge < -0.3 is 9.88 Å². The number of imidazole rings is 1. The average molecular weight is 335 g/mol. The van der Waals surface area contributed by atoms with Crippen LogP contribution in [0.5, 0.6) is 0 Å². The lowest BCUT2D eigenvalue weighted by atomic mass is 9.93. The predicted octanol–water partition coefficient (Wildman–Crippen LogP) is 2.92. The molecule has 1 aliphatic rings. The molecule has 1 aromatic carbocycles. The first-order chi connectivity index (χ1) is 12.2. The molecule has 1 saturated heterocycles. The number of hydrogen-bond acceptors (Lipinski definition) is 3. The first kappa shape index (κ1) is 15.6. The molecule has 128 valence electrons. The number of benzene rings is 1. The molecule has 1 aliphatic heterocycles. The van der Waals surface area contributed by atoms with Gasteiger partial charge in [0.25, 0.3) is 5.91 Å². The van der Waals surface area contributed by atoms with E-state index in [9.17, 15) is 4.79 Å². The molecule has 0 saturated carbocycles. The zero-order chi connectivity index (χ0) is 17.2. The van der Waals surface area contributed by atoms with Gasteiger partial charge in [0.05, 0.1) is 12.0 Å². The van der Waals surface area contributed by atoms with Crippen molar-refractivity contribution in [2.45, 2.75) is 25.7 Å². The molecule has 0 radical (unpaired) electrons. The van der Waals surface area contributed by atoms with Gasteiger partial charge in [0.2, 0.25) is 0 Å². The Bertz CT molecular complexity index is 842. The Morgan fingerprint density at radius 2 is 1.92 bits per heavy atom. The van der Waals surface area contributed by atoms with Crippen LogP contribution in [0.4, 0.5) is 0 Å². The maximum absolute atomic E-state index is 12.7. The lowest BCUT2D eigenvalue weighted by Crippen LogP contribution is -2.38. The van der Waals surface area contributed by atoms with E-state index < -0.39 is 0 Å². The van der Waals surface area contributed by atoms with Crippen molar-refractivity contribution < 1.29 is 4.79 Å². The fourth-order valence-corrected chi connectivity index (χ4v) is 3.45. The SMILES string of the molecule is Cc1ccnn1-c1ccc(C(=O)N2CCC(c3cnc[nH]3)CC2)cc1. The molecular weight excluding hydrogens is 314 g/mol. The van der Waals surface area contributed by atoms with Gasteiger partial charge in [-0.1, -0.05) is 0 Å². The number of carbonyl (C=O) groups is 1. The van der Waals surface area contributed by atoms with Crippen LogP contribution in [-0.4, -0.2) is 43.6 Å². The normalized spacial score (nSPS) is 15.5. The maximum atomic E-state index is 12.7. The fourth-order valence-electron chi connectivity index (χ4n) is 3.45. The second-order valence-corrected chi connectivity index (χ2v) is 6.50. The molecule has 0 aliphatic carbocycles. The highest BCUT2D eigenvalue weighted by Gasteiger charge is 2.25. The van der Waals surface area contributed by atoms with Gasteiger partial charge in [-0.25, -0.2) is 9.67 Å². The smallest absolute Gasteiger partial charge is 0.253 e. The molecule has 6 heteroatoms. The van der Waals surface area contributed by atoms with E-state index in [1.54, 1.807) is 12.5 Å². The van der Waals surface area contributed by atoms with Crippen molar-refractivity contribution in [1.29, 1.82) is 0 Å². The predicted molar refractivity (Wildman–Crippen MR) is 94.8 cm³/mol. The lowest BCUT2D eigenvalue weighted by Gasteiger charge is -2.31. The second-order valence-electron chi connectivity index (χ2n) is 6.50. The van der Waals surface area contributed by atoms with E-state index in [-0.39, 0.29) is 5.91 Å². The molecule has 2 aromatic heterocycles. The molecule has 1 amide bonds. The van der Waals surface area contributed by atoms with E-state index in [0.29, 0.717) is 5.92 Å². The monoisotopic (exact) mass is 335 g/mol. The summed E-state index contributed by atoms with van der Waals surface area (Å²) in [5.74, 6) is 0.573. The van der Waals surface area contributed by atoms with Crippen LogP contribution in [0.3, 0.4) is 0 Å². The summed E-state index contributed by atoms with van der Waals surface area (Å²) >= 11 is 0. The van der Waals surface area contributed by atoms with Gasteiger partial charge in [0.1, 0.15) is 0 Å². The summed E-state index contributed by atoms with van der Waals surface area (Å²) in [4.78, 5) is 22.0. The van der Waals surface area contributed by atoms with Crippen LogP contribution in [0, 0.1) is 6.92 Å². The zero-order valence-electron chi connectivity index (χ0n) is 14.2. The number of amides is 1. The molecule has 25 heavy (non-hydrogen) atoms. The van der Waals surface area contributed by atoms with Crippen LogP contribution < -0.4 is 0 Å². The van der Waals surface area contributed by atoms with Crippen molar-refractivity contribution in [3.8, 4) is 5.69 Å². The van der Waals surface area contributed by atoms with Gasteiger partial charge in [0.15, 0.2) is 0 Å². The third-order valence-corrected chi connectivity index (χ3v) is 4.93. The zero-order valence-corrected chi connectivity index (χ0v) is 14.2. The third kappa shape index (κ3) is 3.07. The van der Waals surface area contributed by atoms with Crippen molar-refractivity contribution in [3.05, 3.63) is 66.0 Å². The molecule has 0 spiro atoms. The first-order valence-corrected chi connectivity index (χ1v) is 8.61. The fraction of sp³-hybridized carbons (Fsp3) is 0.316. The van der Waals surface area contributed by atoms with Crippen LogP contribution in [0.15, 0.2) is 49.1 Å². The van der Waals surface area contributed by atoms with E-state index in [4.69, 9.17) is 0 Å². The Morgan fingerprint density at radius 1 is 1.16 bits per heavy atom. The highest BCUT2D eigenvalue weighted by atomic mass is 16.2. The summed E-state index contributed by atoms with van der Waals surface area (Å²) in [6, 6.07) is 9.64. The summed E-state index contributed by atoms with van der Waals surface area (Å²) < 4.78 is 1.87. The number of aromatic amines is 1. The molecule has 3 heterocycles. The van der Waals surface area contributed by atoms with Crippen LogP contribution >= 0.6 is 0 Å². The Hall–Kier alpha value is -2.89. The second kappa shape index (κ2) is 6.55. The number of rotatable bonds is 3. The number of nitrogens with zero attached hydrogens (tertiary/aromatic N) is 4. The third-order valence-electron chi connectivity index (χ3n) is 4.93. The van der Waals surface area contributed by atoms with E-state index in [1.165, 1.54) is 5.69 Å². The van der Waals surface area contributed by atoms with E-state index in [0.717, 1.165) is 42.9 Å². The number of aromatic nitrogens is 4. The van der Waals surface area contributed by atoms with Gasteiger partial charge in [-0.05, 0) is 50.1 Å². The van der Waals surface area contributed by atoms with E-state index >= 15 is 0 Å². The molecule has 0 atom stereocenters. The van der Waals surface area contributed by atoms with Crippen molar-refractivity contribution in [3.63, 3.8) is 0 Å². The Labute approximate surface area is 146 Å². The largest absolute Gasteiger partial charge is 0.348 e. The minimum Gasteiger partial charge on any atom is -0.348 e. The molecular formula is C19H21N5O. The van der Waals surface area contributed by atoms with Gasteiger partial charge in [-0.2, -0.15) is 5.10 Å². The van der Waals surface area contributed by atoms with Crippen molar-refractivity contribution in [2.75, 3.05) is 13.1 Å². The number of aryl methyl sites for hydroxylation is 1. The molecule has 3 aromatic rings. The summed E-state index contributed by atoms with van der Waals surface area (Å²) in [6.45, 7) is 3.57. The minimum absolute atomic E-state index is 0.104. The Kier molecular flexibility index (Phi) is 4.09. The topological polar surface area (TPSA) is 66.8 Å². The molecule has 0 unspecified atom stereocenters. The number of nitrogens with one attached hydrogen (secondary N) is 1. The number of likely N-dealkylation sites (tertiary alicyclic amines) is 1. The highest BCUT2D eigenvalue weighted by molar-refractivity contribution is 5.94. The quantitative estimate of drug-likeness (QED) is 0.800. The van der Waals surface area contributed by atoms with Crippen LogP contribution in [-0.2, 0) is 0 Å². The molecule has 1 fully saturated rings. The summed E-state index contributed by atoms with van der Waals surface area (Å²) in [5.41, 5.74) is 3.94. The van der Waals surface area contributed by atoms with Gasteiger partial charge >= 0.3 is 0 Å². The molecule has 6 nitrogen and oxygen atoms in total. The molecule has 0 bridgehead atoms. The van der Waals surface area contributed by atoms with Gasteiger partial charge in [0, 0.05) is 48.4 Å². The first-order valence-electron chi connectivity index (χ1n) is 8.61. The highest BCUT2D eigenvalue weighted by Crippen LogP contribution is 2.27. The minimum atomic E-state index is 0.104. The van der Waals surface area contributed by atoms with Crippen LogP contribution in [0.2, 0.25) is 0 Å². The van der Waals surface area contributed by atoms with Crippen molar-refractivity contribution >= 4 is 5.91 Å². The molecule has 1 N–H and O–H groups in total. The van der Waals surface area contributed by atoms with Crippen molar-refractivity contribution in [2.24, 2.45) is 0 Å². The van der Waals surface area contributed by atoms with E-state index in [2.05, 4.69) is 15.1 Å². The lowest BCUT2D eigenvalue weighted by molar-refractivity contribution is 0.0712. The Morgan fingerprint density at radius 3 is 2.52 bits per heavy atom. The number of hydrogen-bond donors (Lipinski definition) is 1. The maximum Gasteiger partial charge on any atom is 0.253 e. The summed E-state index contributed by atoms with van der Waals surface area (Å²) in [5, 5.41) is 4.30. The van der Waals surface area contributed by atoms with Gasteiger partial charge in [-0.3, -0.25) is 4.79 Å². The Balaban J connectivity index is 1.42. The number of H-pyrrole nitrogens is 1. The van der Waals surface area contributed by atoms with Crippen molar-refractivity contribution in [1.82, 2.24) is 24.6 Å². The van der Waals surface area contributed by atoms with Gasteiger partial charge in [-0.15, -0.1) is 0 Å². The average Bonchev–Trinajstić information content (AvgIpc) is 3.33. The van der Waals surface area contributed by atoms with E-state index in [1.807, 2.05) is 53.0 Å². The number of carbonyl (C=O) groups excluding carboxylic acids is 1. The molecule has 4 rings (SSSR count). The standard InChI is InChI=1S/C19H21N5O/c1-14-6-9-22-24(14)17-4-2-16(3-5-17)19(25)23-10-7-15(8-11-23)18-12-20-13-21-18/h2-6,9,12-13,15H,7-8,10-11H2,1H3,(H,20,21). The van der Waals surface area contributed by atoms with Crippen LogP contribution in [0.1, 0.15) is 40.5 Å². The number of piperidine rings is 1. The summed E-state index contributed by atoms with van der Waals surface area (Å²) in [7, 11) is 0. The summed E-state index contributed by atoms with van der Waals surface area (Å²) in [6.07, 6.45) is 7.32. The van der Waals surface area contributed by atoms with Crippen LogP contribution in [0.25, 0.3) is 5.69 Å².